The van der Waals surface area contributed by atoms with E-state index >= 15 is 0 Å². The number of nitrogens with one attached hydrogen (secondary N) is 2. The minimum Gasteiger partial charge on any atom is -0.337 e. The molecule has 24 heavy (non-hydrogen) atoms. The van der Waals surface area contributed by atoms with Crippen LogP contribution in [0.1, 0.15) is 12.7 Å². The number of benzene rings is 1. The second kappa shape index (κ2) is 6.66. The molecule has 0 unspecified atom stereocenters. The first-order valence-electron chi connectivity index (χ1n) is 7.85. The maximum absolute atomic E-state index is 12.4. The monoisotopic (exact) mass is 325 g/mol. The molecule has 0 radical (unpaired) electrons. The van der Waals surface area contributed by atoms with Gasteiger partial charge in [-0.25, -0.2) is 4.98 Å². The van der Waals surface area contributed by atoms with Crippen LogP contribution in [0, 0.1) is 5.92 Å². The molecule has 1 saturated heterocycles. The van der Waals surface area contributed by atoms with E-state index in [0.717, 1.165) is 17.8 Å². The van der Waals surface area contributed by atoms with Crippen LogP contribution in [0.3, 0.4) is 0 Å². The number of para-hydroxylation sites is 1. The van der Waals surface area contributed by atoms with Gasteiger partial charge < -0.3 is 10.2 Å². The molecule has 2 aromatic rings. The Morgan fingerprint density at radius 3 is 2.83 bits per heavy atom. The first-order valence-corrected chi connectivity index (χ1v) is 7.85. The molecule has 1 aromatic carbocycles. The van der Waals surface area contributed by atoms with Crippen LogP contribution >= 0.6 is 0 Å². The molecule has 0 aliphatic carbocycles. The third-order valence-corrected chi connectivity index (χ3v) is 4.03. The number of aromatic amines is 1. The fourth-order valence-electron chi connectivity index (χ4n) is 2.55. The van der Waals surface area contributed by atoms with Crippen molar-refractivity contribution in [3.8, 4) is 11.4 Å². The lowest BCUT2D eigenvalue weighted by molar-refractivity contribution is -0.137. The van der Waals surface area contributed by atoms with Crippen LogP contribution in [0.15, 0.2) is 36.9 Å². The molecule has 7 nitrogen and oxygen atoms in total. The first kappa shape index (κ1) is 15.9. The Hall–Kier alpha value is -2.96. The van der Waals surface area contributed by atoms with E-state index in [2.05, 4.69) is 27.1 Å². The van der Waals surface area contributed by atoms with Gasteiger partial charge in [-0.3, -0.25) is 14.7 Å². The molecule has 1 aromatic heterocycles. The number of nitrogens with zero attached hydrogens (tertiary/aromatic N) is 3. The van der Waals surface area contributed by atoms with E-state index in [1.165, 1.54) is 6.08 Å². The fourth-order valence-corrected chi connectivity index (χ4v) is 2.55. The number of H-pyrrole nitrogens is 1. The normalized spacial score (nSPS) is 14.1. The Morgan fingerprint density at radius 1 is 1.42 bits per heavy atom. The van der Waals surface area contributed by atoms with E-state index in [1.54, 1.807) is 4.90 Å². The molecule has 2 N–H and O–H groups in total. The molecule has 0 spiro atoms. The molecule has 124 valence electrons. The van der Waals surface area contributed by atoms with Crippen LogP contribution in [0.5, 0.6) is 0 Å². The van der Waals surface area contributed by atoms with Crippen molar-refractivity contribution in [3.05, 3.63) is 42.7 Å². The van der Waals surface area contributed by atoms with Gasteiger partial charge in [0.2, 0.25) is 11.8 Å². The maximum atomic E-state index is 12.4. The van der Waals surface area contributed by atoms with Crippen molar-refractivity contribution in [1.82, 2.24) is 20.1 Å². The lowest BCUT2D eigenvalue weighted by Crippen LogP contribution is -2.53. The standard InChI is InChI=1S/C17H19N5O2/c1-3-14-19-16(21-20-14)12-7-5-6-8-13(12)18-17(24)11-9-22(10-11)15(23)4-2/h4-8,11H,2-3,9-10H2,1H3,(H,18,24)(H,19,20,21). The Morgan fingerprint density at radius 2 is 2.17 bits per heavy atom. The van der Waals surface area contributed by atoms with E-state index in [9.17, 15) is 9.59 Å². The molecular formula is C17H19N5O2. The summed E-state index contributed by atoms with van der Waals surface area (Å²) in [5.41, 5.74) is 1.43. The molecular weight excluding hydrogens is 306 g/mol. The molecule has 0 saturated carbocycles. The van der Waals surface area contributed by atoms with Gasteiger partial charge in [-0.1, -0.05) is 25.6 Å². The summed E-state index contributed by atoms with van der Waals surface area (Å²) in [5.74, 6) is 0.887. The summed E-state index contributed by atoms with van der Waals surface area (Å²) in [6.45, 7) is 6.27. The largest absolute Gasteiger partial charge is 0.337 e. The molecule has 1 aliphatic heterocycles. The summed E-state index contributed by atoms with van der Waals surface area (Å²) < 4.78 is 0. The number of amides is 2. The number of aromatic nitrogens is 3. The average Bonchev–Trinajstić information content (AvgIpc) is 3.02. The Kier molecular flexibility index (Phi) is 4.41. The summed E-state index contributed by atoms with van der Waals surface area (Å²) in [7, 11) is 0. The van der Waals surface area contributed by atoms with E-state index in [4.69, 9.17) is 0 Å². The zero-order chi connectivity index (χ0) is 17.1. The van der Waals surface area contributed by atoms with Crippen LogP contribution < -0.4 is 5.32 Å². The van der Waals surface area contributed by atoms with Gasteiger partial charge in [-0.15, -0.1) is 0 Å². The third kappa shape index (κ3) is 3.05. The second-order valence-corrected chi connectivity index (χ2v) is 5.64. The number of anilines is 1. The van der Waals surface area contributed by atoms with Crippen LogP contribution in [0.4, 0.5) is 5.69 Å². The SMILES string of the molecule is C=CC(=O)N1CC(C(=O)Nc2ccccc2-c2n[nH]c(CC)n2)C1. The van der Waals surface area contributed by atoms with Crippen molar-refractivity contribution in [1.29, 1.82) is 0 Å². The number of hydrogen-bond acceptors (Lipinski definition) is 4. The highest BCUT2D eigenvalue weighted by Crippen LogP contribution is 2.26. The molecule has 0 bridgehead atoms. The van der Waals surface area contributed by atoms with Gasteiger partial charge >= 0.3 is 0 Å². The molecule has 1 aliphatic rings. The number of rotatable bonds is 5. The van der Waals surface area contributed by atoms with Crippen LogP contribution in [0.25, 0.3) is 11.4 Å². The first-order chi connectivity index (χ1) is 11.6. The van der Waals surface area contributed by atoms with E-state index < -0.39 is 0 Å². The average molecular weight is 325 g/mol. The van der Waals surface area contributed by atoms with Gasteiger partial charge in [0.25, 0.3) is 0 Å². The number of hydrogen-bond donors (Lipinski definition) is 2. The number of carbonyl (C=O) groups is 2. The smallest absolute Gasteiger partial charge is 0.246 e. The lowest BCUT2D eigenvalue weighted by Gasteiger charge is -2.37. The second-order valence-electron chi connectivity index (χ2n) is 5.64. The van der Waals surface area contributed by atoms with E-state index in [1.807, 2.05) is 31.2 Å². The minimum absolute atomic E-state index is 0.109. The van der Waals surface area contributed by atoms with Crippen molar-refractivity contribution in [2.45, 2.75) is 13.3 Å². The predicted octanol–water partition coefficient (Wildman–Crippen LogP) is 1.62. The van der Waals surface area contributed by atoms with Crippen molar-refractivity contribution in [2.24, 2.45) is 5.92 Å². The van der Waals surface area contributed by atoms with Gasteiger partial charge in [0.1, 0.15) is 5.82 Å². The predicted molar refractivity (Wildman–Crippen MR) is 90.1 cm³/mol. The van der Waals surface area contributed by atoms with Crippen LogP contribution in [0.2, 0.25) is 0 Å². The molecule has 7 heteroatoms. The van der Waals surface area contributed by atoms with Crippen LogP contribution in [-0.2, 0) is 16.0 Å². The molecule has 3 rings (SSSR count). The molecule has 2 heterocycles. The lowest BCUT2D eigenvalue weighted by atomic mass is 9.98. The number of aryl methyl sites for hydroxylation is 1. The highest BCUT2D eigenvalue weighted by atomic mass is 16.2. The van der Waals surface area contributed by atoms with Crippen molar-refractivity contribution in [2.75, 3.05) is 18.4 Å². The zero-order valence-corrected chi connectivity index (χ0v) is 13.5. The van der Waals surface area contributed by atoms with E-state index in [-0.39, 0.29) is 17.7 Å². The summed E-state index contributed by atoms with van der Waals surface area (Å²) in [6, 6.07) is 7.41. The van der Waals surface area contributed by atoms with Gasteiger partial charge in [-0.2, -0.15) is 5.10 Å². The van der Waals surface area contributed by atoms with Gasteiger partial charge in [0.05, 0.1) is 11.6 Å². The third-order valence-electron chi connectivity index (χ3n) is 4.03. The zero-order valence-electron chi connectivity index (χ0n) is 13.5. The highest BCUT2D eigenvalue weighted by molar-refractivity contribution is 5.98. The summed E-state index contributed by atoms with van der Waals surface area (Å²) in [6.07, 6.45) is 2.02. The van der Waals surface area contributed by atoms with Crippen molar-refractivity contribution in [3.63, 3.8) is 0 Å². The number of carbonyl (C=O) groups excluding carboxylic acids is 2. The summed E-state index contributed by atoms with van der Waals surface area (Å²) in [5, 5.41) is 10.00. The Bertz CT molecular complexity index is 777. The van der Waals surface area contributed by atoms with Crippen LogP contribution in [-0.4, -0.2) is 45.0 Å². The van der Waals surface area contributed by atoms with Gasteiger partial charge in [-0.05, 0) is 18.2 Å². The quantitative estimate of drug-likeness (QED) is 0.817. The number of likely N-dealkylation sites (tertiary alicyclic amines) is 1. The molecule has 1 fully saturated rings. The van der Waals surface area contributed by atoms with Crippen molar-refractivity contribution < 1.29 is 9.59 Å². The minimum atomic E-state index is -0.208. The highest BCUT2D eigenvalue weighted by Gasteiger charge is 2.34. The molecule has 0 atom stereocenters. The van der Waals surface area contributed by atoms with Gasteiger partial charge in [0, 0.05) is 25.1 Å². The fraction of sp³-hybridized carbons (Fsp3) is 0.294. The van der Waals surface area contributed by atoms with Gasteiger partial charge in [0.15, 0.2) is 5.82 Å². The summed E-state index contributed by atoms with van der Waals surface area (Å²) in [4.78, 5) is 29.8. The Labute approximate surface area is 139 Å². The maximum Gasteiger partial charge on any atom is 0.246 e. The molecule has 2 amide bonds. The topological polar surface area (TPSA) is 91.0 Å². The summed E-state index contributed by atoms with van der Waals surface area (Å²) >= 11 is 0. The van der Waals surface area contributed by atoms with E-state index in [0.29, 0.717) is 24.6 Å². The Balaban J connectivity index is 1.71. The van der Waals surface area contributed by atoms with Crippen molar-refractivity contribution >= 4 is 17.5 Å².